The predicted molar refractivity (Wildman–Crippen MR) is 135 cm³/mol. The second kappa shape index (κ2) is 9.63. The summed E-state index contributed by atoms with van der Waals surface area (Å²) >= 11 is 0. The molecule has 35 heavy (non-hydrogen) atoms. The Labute approximate surface area is 204 Å². The van der Waals surface area contributed by atoms with Gasteiger partial charge in [-0.05, 0) is 54.2 Å². The molecule has 2 N–H and O–H groups in total. The summed E-state index contributed by atoms with van der Waals surface area (Å²) in [6.45, 7) is 11.2. The largest absolute Gasteiger partial charge is 0.478 e. The van der Waals surface area contributed by atoms with E-state index in [1.165, 1.54) is 6.92 Å². The first-order valence-electron chi connectivity index (χ1n) is 11.1. The number of hydrogen-bond donors (Lipinski definition) is 2. The van der Waals surface area contributed by atoms with Gasteiger partial charge in [0.15, 0.2) is 0 Å². The standard InChI is InChI=1S/C27H29N3O5/c1-8-12-30(23-18(25(33)34)10-9-11-21(23)27(5,6)7)16(3)19-14-20-22(13-15(19)2)28-26(29-24(20)32)35-17(4)31/h1,9-11,13-14,16H,12H2,2-7H3,(H,33,34)(H,28,29,32). The number of aromatic amines is 1. The van der Waals surface area contributed by atoms with Gasteiger partial charge in [0.1, 0.15) is 0 Å². The van der Waals surface area contributed by atoms with E-state index in [-0.39, 0.29) is 29.6 Å². The van der Waals surface area contributed by atoms with Crippen LogP contribution in [0.1, 0.15) is 67.7 Å². The van der Waals surface area contributed by atoms with Crippen LogP contribution in [0.4, 0.5) is 5.69 Å². The maximum absolute atomic E-state index is 12.8. The molecule has 0 saturated carbocycles. The van der Waals surface area contributed by atoms with Crippen molar-refractivity contribution in [1.29, 1.82) is 0 Å². The fourth-order valence-corrected chi connectivity index (χ4v) is 4.23. The molecule has 1 atom stereocenters. The number of nitrogens with zero attached hydrogens (tertiary/aromatic N) is 2. The molecule has 3 aromatic rings. The van der Waals surface area contributed by atoms with Crippen LogP contribution >= 0.6 is 0 Å². The number of aryl methyl sites for hydroxylation is 1. The topological polar surface area (TPSA) is 113 Å². The van der Waals surface area contributed by atoms with Gasteiger partial charge >= 0.3 is 17.9 Å². The van der Waals surface area contributed by atoms with Crippen LogP contribution in [-0.2, 0) is 10.2 Å². The van der Waals surface area contributed by atoms with Crippen LogP contribution in [0.15, 0.2) is 35.1 Å². The third-order valence-electron chi connectivity index (χ3n) is 5.85. The van der Waals surface area contributed by atoms with Crippen LogP contribution < -0.4 is 15.2 Å². The molecule has 0 fully saturated rings. The highest BCUT2D eigenvalue weighted by Gasteiger charge is 2.29. The minimum absolute atomic E-state index is 0.156. The molecule has 3 rings (SSSR count). The van der Waals surface area contributed by atoms with Crippen LogP contribution in [0.5, 0.6) is 6.01 Å². The van der Waals surface area contributed by atoms with E-state index in [0.717, 1.165) is 16.7 Å². The van der Waals surface area contributed by atoms with E-state index in [1.807, 2.05) is 45.6 Å². The molecule has 0 spiro atoms. The van der Waals surface area contributed by atoms with Crippen molar-refractivity contribution in [3.63, 3.8) is 0 Å². The number of anilines is 1. The lowest BCUT2D eigenvalue weighted by Gasteiger charge is -2.36. The molecule has 0 radical (unpaired) electrons. The summed E-state index contributed by atoms with van der Waals surface area (Å²) < 4.78 is 4.94. The van der Waals surface area contributed by atoms with E-state index in [1.54, 1.807) is 24.3 Å². The Morgan fingerprint density at radius 1 is 1.29 bits per heavy atom. The number of carbonyl (C=O) groups excluding carboxylic acids is 1. The number of hydrogen-bond acceptors (Lipinski definition) is 6. The second-order valence-corrected chi connectivity index (χ2v) is 9.46. The van der Waals surface area contributed by atoms with Gasteiger partial charge in [-0.3, -0.25) is 14.6 Å². The Hall–Kier alpha value is -4.12. The summed E-state index contributed by atoms with van der Waals surface area (Å²) in [5.74, 6) is 1.02. The van der Waals surface area contributed by atoms with Crippen molar-refractivity contribution >= 4 is 28.5 Å². The van der Waals surface area contributed by atoms with Crippen LogP contribution in [-0.4, -0.2) is 33.6 Å². The zero-order chi connectivity index (χ0) is 26.1. The average Bonchev–Trinajstić information content (AvgIpc) is 2.75. The number of carbonyl (C=O) groups is 2. The summed E-state index contributed by atoms with van der Waals surface area (Å²) in [6.07, 6.45) is 5.73. The van der Waals surface area contributed by atoms with Gasteiger partial charge in [0.25, 0.3) is 5.56 Å². The Kier molecular flexibility index (Phi) is 7.01. The van der Waals surface area contributed by atoms with Gasteiger partial charge in [0.2, 0.25) is 0 Å². The van der Waals surface area contributed by atoms with Gasteiger partial charge < -0.3 is 14.7 Å². The minimum atomic E-state index is -1.05. The van der Waals surface area contributed by atoms with Crippen molar-refractivity contribution in [1.82, 2.24) is 9.97 Å². The number of fused-ring (bicyclic) bond motifs is 1. The van der Waals surface area contributed by atoms with Crippen LogP contribution in [0.25, 0.3) is 10.9 Å². The minimum Gasteiger partial charge on any atom is -0.478 e. The molecule has 0 amide bonds. The van der Waals surface area contributed by atoms with Crippen molar-refractivity contribution in [3.05, 3.63) is 62.9 Å². The van der Waals surface area contributed by atoms with Crippen molar-refractivity contribution in [2.24, 2.45) is 0 Å². The van der Waals surface area contributed by atoms with E-state index in [0.29, 0.717) is 16.6 Å². The molecular weight excluding hydrogens is 446 g/mol. The van der Waals surface area contributed by atoms with Crippen molar-refractivity contribution in [2.75, 3.05) is 11.4 Å². The number of benzene rings is 2. The number of rotatable bonds is 6. The van der Waals surface area contributed by atoms with Gasteiger partial charge in [-0.1, -0.05) is 38.8 Å². The smallest absolute Gasteiger partial charge is 0.337 e. The maximum Gasteiger partial charge on any atom is 0.337 e. The molecule has 0 aliphatic rings. The summed E-state index contributed by atoms with van der Waals surface area (Å²) in [5, 5.41) is 10.3. The van der Waals surface area contributed by atoms with Crippen LogP contribution in [0.3, 0.4) is 0 Å². The van der Waals surface area contributed by atoms with Crippen LogP contribution in [0, 0.1) is 19.3 Å². The molecule has 1 heterocycles. The lowest BCUT2D eigenvalue weighted by Crippen LogP contribution is -2.32. The number of para-hydroxylation sites is 1. The number of aromatic carboxylic acids is 1. The number of ether oxygens (including phenoxy) is 1. The number of terminal acetylenes is 1. The van der Waals surface area contributed by atoms with E-state index < -0.39 is 17.5 Å². The van der Waals surface area contributed by atoms with Crippen LogP contribution in [0.2, 0.25) is 0 Å². The summed E-state index contributed by atoms with van der Waals surface area (Å²) in [6, 6.07) is 8.14. The van der Waals surface area contributed by atoms with E-state index in [2.05, 4.69) is 15.9 Å². The molecule has 182 valence electrons. The predicted octanol–water partition coefficient (Wildman–Crippen LogP) is 4.35. The number of carboxylic acid groups (broad SMARTS) is 1. The molecular formula is C27H29N3O5. The molecule has 0 saturated heterocycles. The van der Waals surface area contributed by atoms with Crippen molar-refractivity contribution < 1.29 is 19.4 Å². The van der Waals surface area contributed by atoms with E-state index >= 15 is 0 Å². The first-order chi connectivity index (χ1) is 16.3. The molecule has 2 aromatic carbocycles. The zero-order valence-corrected chi connectivity index (χ0v) is 20.7. The summed E-state index contributed by atoms with van der Waals surface area (Å²) in [7, 11) is 0. The highest BCUT2D eigenvalue weighted by molar-refractivity contribution is 5.96. The van der Waals surface area contributed by atoms with Gasteiger partial charge in [-0.2, -0.15) is 4.98 Å². The molecule has 1 aromatic heterocycles. The van der Waals surface area contributed by atoms with Gasteiger partial charge in [-0.25, -0.2) is 4.79 Å². The molecule has 0 aliphatic heterocycles. The Balaban J connectivity index is 2.23. The molecule has 8 nitrogen and oxygen atoms in total. The number of aromatic nitrogens is 2. The molecule has 8 heteroatoms. The molecule has 0 bridgehead atoms. The maximum atomic E-state index is 12.8. The fourth-order valence-electron chi connectivity index (χ4n) is 4.23. The van der Waals surface area contributed by atoms with Gasteiger partial charge in [0, 0.05) is 6.92 Å². The van der Waals surface area contributed by atoms with E-state index in [4.69, 9.17) is 11.2 Å². The quantitative estimate of drug-likeness (QED) is 0.402. The Morgan fingerprint density at radius 2 is 1.97 bits per heavy atom. The average molecular weight is 476 g/mol. The lowest BCUT2D eigenvalue weighted by molar-refractivity contribution is -0.132. The second-order valence-electron chi connectivity index (χ2n) is 9.46. The molecule has 0 aliphatic carbocycles. The Morgan fingerprint density at radius 3 is 2.54 bits per heavy atom. The third-order valence-corrected chi connectivity index (χ3v) is 5.85. The zero-order valence-electron chi connectivity index (χ0n) is 20.7. The monoisotopic (exact) mass is 475 g/mol. The summed E-state index contributed by atoms with van der Waals surface area (Å²) in [4.78, 5) is 44.8. The number of H-pyrrole nitrogens is 1. The normalized spacial score (nSPS) is 12.1. The van der Waals surface area contributed by atoms with Crippen molar-refractivity contribution in [3.8, 4) is 18.4 Å². The number of nitrogens with one attached hydrogen (secondary N) is 1. The van der Waals surface area contributed by atoms with Crippen molar-refractivity contribution in [2.45, 2.75) is 53.0 Å². The van der Waals surface area contributed by atoms with Gasteiger partial charge in [-0.15, -0.1) is 6.42 Å². The van der Waals surface area contributed by atoms with E-state index in [9.17, 15) is 19.5 Å². The first-order valence-corrected chi connectivity index (χ1v) is 11.1. The lowest BCUT2D eigenvalue weighted by atomic mass is 9.83. The van der Waals surface area contributed by atoms with Gasteiger partial charge in [0.05, 0.1) is 34.7 Å². The molecule has 1 unspecified atom stereocenters. The number of esters is 1. The third kappa shape index (κ3) is 5.19. The first kappa shape index (κ1) is 25.5. The SMILES string of the molecule is C#CCN(c1c(C(=O)O)cccc1C(C)(C)C)C(C)c1cc2c(=O)[nH]c(OC(C)=O)nc2cc1C. The fraction of sp³-hybridized carbons (Fsp3) is 0.333. The Bertz CT molecular complexity index is 1410. The highest BCUT2D eigenvalue weighted by Crippen LogP contribution is 2.39. The number of carboxylic acids is 1. The summed E-state index contributed by atoms with van der Waals surface area (Å²) in [5.41, 5.74) is 2.75. The highest BCUT2D eigenvalue weighted by atomic mass is 16.5.